The fraction of sp³-hybridized carbons (Fsp3) is 0. The third kappa shape index (κ3) is 4.80. The molecule has 0 amide bonds. The summed E-state index contributed by atoms with van der Waals surface area (Å²) in [5, 5.41) is 37.5. The molecule has 0 fully saturated rings. The van der Waals surface area contributed by atoms with Gasteiger partial charge in [0.25, 0.3) is 0 Å². The molecule has 0 bridgehead atoms. The molecule has 8 rings (SSSR count). The molecule has 0 unspecified atom stereocenters. The fourth-order valence-corrected chi connectivity index (χ4v) is 12.4. The highest BCUT2D eigenvalue weighted by Gasteiger charge is 2.43. The summed E-state index contributed by atoms with van der Waals surface area (Å²) < 4.78 is 2.14. The zero-order valence-corrected chi connectivity index (χ0v) is 28.0. The van der Waals surface area contributed by atoms with Crippen LogP contribution >= 0.6 is 0 Å². The molecular formula is C45H28N4Si. The first-order chi connectivity index (χ1) is 24.7. The zero-order chi connectivity index (χ0) is 34.1. The van der Waals surface area contributed by atoms with E-state index in [1.165, 1.54) is 15.6 Å². The Hall–Kier alpha value is -6.97. The second-order valence-corrected chi connectivity index (χ2v) is 16.0. The van der Waals surface area contributed by atoms with E-state index in [0.29, 0.717) is 16.7 Å². The van der Waals surface area contributed by atoms with Gasteiger partial charge < -0.3 is 4.57 Å². The largest absolute Gasteiger partial charge is 0.309 e. The van der Waals surface area contributed by atoms with Gasteiger partial charge in [0.2, 0.25) is 0 Å². The van der Waals surface area contributed by atoms with Crippen molar-refractivity contribution >= 4 is 50.6 Å². The zero-order valence-electron chi connectivity index (χ0n) is 27.0. The van der Waals surface area contributed by atoms with Crippen LogP contribution in [0.4, 0.5) is 0 Å². The molecule has 0 atom stereocenters. The molecule has 4 nitrogen and oxygen atoms in total. The van der Waals surface area contributed by atoms with Gasteiger partial charge in [-0.25, -0.2) is 0 Å². The summed E-state index contributed by atoms with van der Waals surface area (Å²) in [6.07, 6.45) is 0. The molecule has 0 aliphatic carbocycles. The second kappa shape index (κ2) is 12.6. The Morgan fingerprint density at radius 1 is 0.440 bits per heavy atom. The van der Waals surface area contributed by atoms with E-state index in [-0.39, 0.29) is 0 Å². The summed E-state index contributed by atoms with van der Waals surface area (Å²) in [7, 11) is -2.93. The average molecular weight is 653 g/mol. The molecule has 0 radical (unpaired) electrons. The van der Waals surface area contributed by atoms with Gasteiger partial charge in [-0.15, -0.1) is 0 Å². The van der Waals surface area contributed by atoms with Gasteiger partial charge in [-0.1, -0.05) is 127 Å². The minimum atomic E-state index is -2.93. The van der Waals surface area contributed by atoms with E-state index in [9.17, 15) is 15.8 Å². The van der Waals surface area contributed by atoms with Crippen LogP contribution in [0, 0.1) is 34.0 Å². The van der Waals surface area contributed by atoms with Gasteiger partial charge in [0, 0.05) is 16.5 Å². The Balaban J connectivity index is 1.32. The van der Waals surface area contributed by atoms with Gasteiger partial charge in [-0.3, -0.25) is 0 Å². The van der Waals surface area contributed by atoms with Crippen molar-refractivity contribution in [1.82, 2.24) is 4.57 Å². The first kappa shape index (κ1) is 30.4. The number of rotatable bonds is 6. The topological polar surface area (TPSA) is 76.3 Å². The van der Waals surface area contributed by atoms with Crippen molar-refractivity contribution in [3.05, 3.63) is 187 Å². The number of hydrogen-bond donors (Lipinski definition) is 0. The third-order valence-electron chi connectivity index (χ3n) is 9.66. The molecule has 0 saturated heterocycles. The maximum atomic E-state index is 10.8. The predicted molar refractivity (Wildman–Crippen MR) is 204 cm³/mol. The molecule has 1 heterocycles. The Morgan fingerprint density at radius 3 is 1.62 bits per heavy atom. The van der Waals surface area contributed by atoms with Crippen molar-refractivity contribution in [2.45, 2.75) is 0 Å². The number of benzene rings is 7. The summed E-state index contributed by atoms with van der Waals surface area (Å²) in [6, 6.07) is 64.8. The number of aromatic nitrogens is 1. The molecule has 0 aliphatic rings. The maximum Gasteiger partial charge on any atom is 0.180 e. The van der Waals surface area contributed by atoms with Gasteiger partial charge in [-0.2, -0.15) is 15.8 Å². The lowest BCUT2D eigenvalue weighted by molar-refractivity contribution is 1.18. The fourth-order valence-electron chi connectivity index (χ4n) is 7.50. The van der Waals surface area contributed by atoms with Gasteiger partial charge in [-0.05, 0) is 74.3 Å². The van der Waals surface area contributed by atoms with E-state index in [2.05, 4.69) is 120 Å². The van der Waals surface area contributed by atoms with Crippen LogP contribution in [0.5, 0.6) is 0 Å². The minimum absolute atomic E-state index is 0.511. The van der Waals surface area contributed by atoms with E-state index in [1.807, 2.05) is 72.8 Å². The van der Waals surface area contributed by atoms with Gasteiger partial charge in [0.05, 0.1) is 45.9 Å². The monoisotopic (exact) mass is 652 g/mol. The number of para-hydroxylation sites is 1. The van der Waals surface area contributed by atoms with Crippen LogP contribution in [0.1, 0.15) is 16.7 Å². The number of fused-ring (bicyclic) bond motifs is 3. The lowest BCUT2D eigenvalue weighted by atomic mass is 9.98. The summed E-state index contributed by atoms with van der Waals surface area (Å²) in [5.74, 6) is 0. The molecule has 0 saturated carbocycles. The normalized spacial score (nSPS) is 11.1. The standard InChI is InChI=1S/C45H28N4Si/c46-29-32-20-24-44-42(26-32)41-18-10-11-19-43(41)49(44)36-22-23-40(34(28-36)30-47)33-21-25-45(35(27-33)31-48)50(37-12-4-1-5-13-37,38-14-6-2-7-15-38)39-16-8-3-9-17-39/h1-28H. The van der Waals surface area contributed by atoms with Crippen molar-refractivity contribution in [2.24, 2.45) is 0 Å². The molecule has 7 aromatic carbocycles. The first-order valence-electron chi connectivity index (χ1n) is 16.4. The Morgan fingerprint density at radius 2 is 1.02 bits per heavy atom. The highest BCUT2D eigenvalue weighted by atomic mass is 28.3. The smallest absolute Gasteiger partial charge is 0.180 e. The molecule has 0 spiro atoms. The lowest BCUT2D eigenvalue weighted by Crippen LogP contribution is -2.75. The summed E-state index contributed by atoms with van der Waals surface area (Å²) in [5.41, 5.74) is 6.08. The van der Waals surface area contributed by atoms with Crippen LogP contribution < -0.4 is 20.7 Å². The Bertz CT molecular complexity index is 2580. The van der Waals surface area contributed by atoms with E-state index in [1.54, 1.807) is 0 Å². The van der Waals surface area contributed by atoms with Crippen LogP contribution in [0.25, 0.3) is 38.6 Å². The van der Waals surface area contributed by atoms with Gasteiger partial charge >= 0.3 is 0 Å². The minimum Gasteiger partial charge on any atom is -0.309 e. The molecule has 0 N–H and O–H groups in total. The van der Waals surface area contributed by atoms with E-state index in [0.717, 1.165) is 43.8 Å². The molecular weight excluding hydrogens is 625 g/mol. The Kier molecular flexibility index (Phi) is 7.63. The van der Waals surface area contributed by atoms with Crippen molar-refractivity contribution in [2.75, 3.05) is 0 Å². The van der Waals surface area contributed by atoms with Crippen molar-refractivity contribution < 1.29 is 0 Å². The lowest BCUT2D eigenvalue weighted by Gasteiger charge is -2.35. The molecule has 232 valence electrons. The number of nitriles is 3. The van der Waals surface area contributed by atoms with Crippen molar-refractivity contribution in [3.8, 4) is 35.0 Å². The highest BCUT2D eigenvalue weighted by molar-refractivity contribution is 7.20. The molecule has 1 aromatic heterocycles. The highest BCUT2D eigenvalue weighted by Crippen LogP contribution is 2.34. The SMILES string of the molecule is N#Cc1ccc2c(c1)c1ccccc1n2-c1ccc(-c2ccc([Si](c3ccccc3)(c3ccccc3)c3ccccc3)c(C#N)c2)c(C#N)c1. The number of hydrogen-bond acceptors (Lipinski definition) is 3. The Labute approximate surface area is 291 Å². The second-order valence-electron chi connectivity index (χ2n) is 12.3. The van der Waals surface area contributed by atoms with Crippen molar-refractivity contribution in [1.29, 1.82) is 15.8 Å². The molecule has 0 aliphatic heterocycles. The summed E-state index contributed by atoms with van der Waals surface area (Å²) in [4.78, 5) is 0. The van der Waals surface area contributed by atoms with Crippen molar-refractivity contribution in [3.63, 3.8) is 0 Å². The van der Waals surface area contributed by atoms with Crippen LogP contribution in [-0.4, -0.2) is 12.6 Å². The van der Waals surface area contributed by atoms with Crippen LogP contribution in [0.2, 0.25) is 0 Å². The summed E-state index contributed by atoms with van der Waals surface area (Å²) in [6.45, 7) is 0. The average Bonchev–Trinajstić information content (AvgIpc) is 3.53. The third-order valence-corrected chi connectivity index (χ3v) is 14.5. The molecule has 50 heavy (non-hydrogen) atoms. The van der Waals surface area contributed by atoms with Crippen LogP contribution in [0.3, 0.4) is 0 Å². The molecule has 8 aromatic rings. The van der Waals surface area contributed by atoms with Crippen LogP contribution in [0.15, 0.2) is 170 Å². The van der Waals surface area contributed by atoms with Crippen LogP contribution in [-0.2, 0) is 0 Å². The molecule has 5 heteroatoms. The predicted octanol–water partition coefficient (Wildman–Crippen LogP) is 7.44. The van der Waals surface area contributed by atoms with E-state index >= 15 is 0 Å². The first-order valence-corrected chi connectivity index (χ1v) is 18.4. The number of nitrogens with zero attached hydrogens (tertiary/aromatic N) is 4. The van der Waals surface area contributed by atoms with Gasteiger partial charge in [0.15, 0.2) is 8.07 Å². The van der Waals surface area contributed by atoms with Gasteiger partial charge in [0.1, 0.15) is 0 Å². The van der Waals surface area contributed by atoms with E-state index < -0.39 is 8.07 Å². The van der Waals surface area contributed by atoms with E-state index in [4.69, 9.17) is 0 Å². The quantitative estimate of drug-likeness (QED) is 0.138. The summed E-state index contributed by atoms with van der Waals surface area (Å²) >= 11 is 0. The maximum absolute atomic E-state index is 10.8.